The maximum atomic E-state index is 11.5. The molecule has 6 heteroatoms. The van der Waals surface area contributed by atoms with E-state index >= 15 is 0 Å². The van der Waals surface area contributed by atoms with Crippen LogP contribution in [-0.4, -0.2) is 22.0 Å². The second-order valence-electron chi connectivity index (χ2n) is 4.84. The van der Waals surface area contributed by atoms with Crippen molar-refractivity contribution < 1.29 is 8.42 Å². The van der Waals surface area contributed by atoms with E-state index in [1.165, 1.54) is 6.07 Å². The molecule has 0 aliphatic carbocycles. The van der Waals surface area contributed by atoms with Crippen molar-refractivity contribution >= 4 is 21.4 Å². The molecule has 19 heavy (non-hydrogen) atoms. The van der Waals surface area contributed by atoms with E-state index in [0.29, 0.717) is 11.3 Å². The highest BCUT2D eigenvalue weighted by Gasteiger charge is 2.17. The minimum atomic E-state index is -3.74. The van der Waals surface area contributed by atoms with Gasteiger partial charge in [-0.2, -0.15) is 0 Å². The monoisotopic (exact) mass is 285 g/mol. The molecule has 1 aromatic carbocycles. The van der Waals surface area contributed by atoms with Crippen molar-refractivity contribution in [3.05, 3.63) is 17.7 Å². The predicted octanol–water partition coefficient (Wildman–Crippen LogP) is 1.85. The fourth-order valence-electron chi connectivity index (χ4n) is 2.11. The Balaban J connectivity index is 3.11. The lowest BCUT2D eigenvalue weighted by atomic mass is 10.1. The molecule has 0 spiro atoms. The average molecular weight is 285 g/mol. The van der Waals surface area contributed by atoms with E-state index in [1.807, 2.05) is 11.9 Å². The summed E-state index contributed by atoms with van der Waals surface area (Å²) in [5.74, 6) is 0. The van der Waals surface area contributed by atoms with Crippen LogP contribution >= 0.6 is 0 Å². The maximum Gasteiger partial charge on any atom is 0.238 e. The molecule has 0 atom stereocenters. The van der Waals surface area contributed by atoms with Crippen LogP contribution in [-0.2, 0) is 10.0 Å². The summed E-state index contributed by atoms with van der Waals surface area (Å²) in [4.78, 5) is 2.13. The van der Waals surface area contributed by atoms with E-state index in [9.17, 15) is 8.42 Å². The summed E-state index contributed by atoms with van der Waals surface area (Å²) in [5.41, 5.74) is 7.65. The zero-order chi connectivity index (χ0) is 14.6. The molecule has 0 fully saturated rings. The van der Waals surface area contributed by atoms with Crippen LogP contribution in [0.4, 0.5) is 11.4 Å². The van der Waals surface area contributed by atoms with Gasteiger partial charge in [-0.05, 0) is 31.0 Å². The number of nitrogens with zero attached hydrogens (tertiary/aromatic N) is 1. The summed E-state index contributed by atoms with van der Waals surface area (Å²) >= 11 is 0. The van der Waals surface area contributed by atoms with Gasteiger partial charge in [0, 0.05) is 25.0 Å². The Kier molecular flexibility index (Phi) is 5.20. The van der Waals surface area contributed by atoms with Gasteiger partial charge >= 0.3 is 0 Å². The van der Waals surface area contributed by atoms with Crippen LogP contribution in [0.25, 0.3) is 0 Å². The Morgan fingerprint density at radius 2 is 1.89 bits per heavy atom. The van der Waals surface area contributed by atoms with E-state index in [4.69, 9.17) is 10.9 Å². The van der Waals surface area contributed by atoms with Crippen molar-refractivity contribution in [2.24, 2.45) is 5.14 Å². The molecule has 0 aliphatic rings. The smallest absolute Gasteiger partial charge is 0.238 e. The molecular formula is C13H23N3O2S. The molecule has 0 unspecified atom stereocenters. The summed E-state index contributed by atoms with van der Waals surface area (Å²) in [6.07, 6.45) is 3.35. The van der Waals surface area contributed by atoms with Gasteiger partial charge in [-0.15, -0.1) is 0 Å². The van der Waals surface area contributed by atoms with Crippen LogP contribution in [0.15, 0.2) is 17.0 Å². The van der Waals surface area contributed by atoms with Gasteiger partial charge in [-0.25, -0.2) is 13.6 Å². The van der Waals surface area contributed by atoms with Crippen LogP contribution in [0, 0.1) is 6.92 Å². The number of hydrogen-bond acceptors (Lipinski definition) is 4. The number of benzene rings is 1. The molecule has 1 rings (SSSR count). The zero-order valence-electron chi connectivity index (χ0n) is 11.8. The first-order valence-corrected chi connectivity index (χ1v) is 7.96. The topological polar surface area (TPSA) is 89.4 Å². The van der Waals surface area contributed by atoms with E-state index < -0.39 is 10.0 Å². The zero-order valence-corrected chi connectivity index (χ0v) is 12.6. The van der Waals surface area contributed by atoms with E-state index in [2.05, 4.69) is 6.92 Å². The molecule has 0 aromatic heterocycles. The number of nitrogen functional groups attached to an aromatic ring is 1. The molecule has 0 amide bonds. The third-order valence-corrected chi connectivity index (χ3v) is 4.21. The molecule has 0 heterocycles. The normalized spacial score (nSPS) is 11.6. The minimum Gasteiger partial charge on any atom is -0.399 e. The first-order chi connectivity index (χ1) is 8.77. The number of primary sulfonamides is 1. The predicted molar refractivity (Wildman–Crippen MR) is 79.8 cm³/mol. The van der Waals surface area contributed by atoms with Crippen LogP contribution in [0.3, 0.4) is 0 Å². The Morgan fingerprint density at radius 1 is 1.26 bits per heavy atom. The van der Waals surface area contributed by atoms with Crippen molar-refractivity contribution in [3.8, 4) is 0 Å². The summed E-state index contributed by atoms with van der Waals surface area (Å²) in [5, 5.41) is 5.22. The third-order valence-electron chi connectivity index (χ3n) is 3.17. The average Bonchev–Trinajstić information content (AvgIpc) is 2.30. The third kappa shape index (κ3) is 4.11. The van der Waals surface area contributed by atoms with E-state index in [0.717, 1.165) is 31.5 Å². The quantitative estimate of drug-likeness (QED) is 0.616. The molecule has 0 aliphatic heterocycles. The first kappa shape index (κ1) is 15.8. The Morgan fingerprint density at radius 3 is 2.42 bits per heavy atom. The van der Waals surface area contributed by atoms with Crippen LogP contribution < -0.4 is 15.8 Å². The lowest BCUT2D eigenvalue weighted by Gasteiger charge is -2.23. The molecule has 4 N–H and O–H groups in total. The molecule has 0 saturated carbocycles. The number of hydrogen-bond donors (Lipinski definition) is 2. The Bertz CT molecular complexity index is 541. The van der Waals surface area contributed by atoms with E-state index in [1.54, 1.807) is 13.0 Å². The number of unbranched alkanes of at least 4 members (excludes halogenated alkanes) is 2. The molecule has 0 bridgehead atoms. The second-order valence-corrected chi connectivity index (χ2v) is 6.37. The summed E-state index contributed by atoms with van der Waals surface area (Å²) in [6.45, 7) is 4.76. The largest absolute Gasteiger partial charge is 0.399 e. The van der Waals surface area contributed by atoms with Gasteiger partial charge in [-0.3, -0.25) is 0 Å². The molecule has 0 saturated heterocycles. The molecular weight excluding hydrogens is 262 g/mol. The van der Waals surface area contributed by atoms with Crippen molar-refractivity contribution in [1.29, 1.82) is 0 Å². The van der Waals surface area contributed by atoms with Crippen LogP contribution in [0.1, 0.15) is 31.7 Å². The van der Waals surface area contributed by atoms with Gasteiger partial charge in [-0.1, -0.05) is 19.8 Å². The van der Waals surface area contributed by atoms with Crippen molar-refractivity contribution in [3.63, 3.8) is 0 Å². The van der Waals surface area contributed by atoms with Gasteiger partial charge in [0.25, 0.3) is 0 Å². The molecule has 1 aromatic rings. The highest BCUT2D eigenvalue weighted by atomic mass is 32.2. The van der Waals surface area contributed by atoms with Crippen LogP contribution in [0.5, 0.6) is 0 Å². The first-order valence-electron chi connectivity index (χ1n) is 6.41. The number of rotatable bonds is 6. The highest BCUT2D eigenvalue weighted by molar-refractivity contribution is 7.89. The fourth-order valence-corrected chi connectivity index (χ4v) is 2.94. The molecule has 5 nitrogen and oxygen atoms in total. The van der Waals surface area contributed by atoms with Crippen molar-refractivity contribution in [1.82, 2.24) is 0 Å². The second kappa shape index (κ2) is 6.25. The lowest BCUT2D eigenvalue weighted by molar-refractivity contribution is 0.597. The van der Waals surface area contributed by atoms with Crippen molar-refractivity contribution in [2.45, 2.75) is 38.0 Å². The standard InChI is InChI=1S/C13H23N3O2S/c1-4-5-6-7-16(3)12-8-11(14)9-13(10(12)2)19(15,17)18/h8-9H,4-7,14H2,1-3H3,(H2,15,17,18). The van der Waals surface area contributed by atoms with Gasteiger partial charge in [0.1, 0.15) is 0 Å². The van der Waals surface area contributed by atoms with Gasteiger partial charge in [0.05, 0.1) is 4.90 Å². The van der Waals surface area contributed by atoms with Gasteiger partial charge in [0.2, 0.25) is 10.0 Å². The molecule has 108 valence electrons. The molecule has 0 radical (unpaired) electrons. The van der Waals surface area contributed by atoms with Gasteiger partial charge < -0.3 is 10.6 Å². The van der Waals surface area contributed by atoms with Crippen molar-refractivity contribution in [2.75, 3.05) is 24.2 Å². The number of anilines is 2. The fraction of sp³-hybridized carbons (Fsp3) is 0.538. The summed E-state index contributed by atoms with van der Waals surface area (Å²) in [6, 6.07) is 3.20. The lowest BCUT2D eigenvalue weighted by Crippen LogP contribution is -2.22. The van der Waals surface area contributed by atoms with E-state index in [-0.39, 0.29) is 4.90 Å². The maximum absolute atomic E-state index is 11.5. The summed E-state index contributed by atoms with van der Waals surface area (Å²) in [7, 11) is -1.81. The Hall–Kier alpha value is -1.27. The Labute approximate surface area is 115 Å². The summed E-state index contributed by atoms with van der Waals surface area (Å²) < 4.78 is 23.1. The SMILES string of the molecule is CCCCCN(C)c1cc(N)cc(S(N)(=O)=O)c1C. The number of nitrogens with two attached hydrogens (primary N) is 2. The van der Waals surface area contributed by atoms with Gasteiger partial charge in [0.15, 0.2) is 0 Å². The number of sulfonamides is 1. The van der Waals surface area contributed by atoms with Crippen LogP contribution in [0.2, 0.25) is 0 Å². The minimum absolute atomic E-state index is 0.102. The highest BCUT2D eigenvalue weighted by Crippen LogP contribution is 2.28.